The Labute approximate surface area is 127 Å². The fourth-order valence-electron chi connectivity index (χ4n) is 2.18. The maximum Gasteiger partial charge on any atom is 0.214 e. The van der Waals surface area contributed by atoms with Crippen LogP contribution in [0.5, 0.6) is 0 Å². The topological polar surface area (TPSA) is 67.1 Å². The highest BCUT2D eigenvalue weighted by molar-refractivity contribution is 7.19. The van der Waals surface area contributed by atoms with Gasteiger partial charge in [0.1, 0.15) is 17.6 Å². The summed E-state index contributed by atoms with van der Waals surface area (Å²) in [7, 11) is 0. The summed E-state index contributed by atoms with van der Waals surface area (Å²) < 4.78 is 20.6. The molecule has 0 spiro atoms. The lowest BCUT2D eigenvalue weighted by Crippen LogP contribution is -1.91. The van der Waals surface area contributed by atoms with Gasteiger partial charge in [-0.25, -0.2) is 9.37 Å². The number of nitrogens with zero attached hydrogens (tertiary/aromatic N) is 4. The van der Waals surface area contributed by atoms with Gasteiger partial charge in [0.25, 0.3) is 0 Å². The van der Waals surface area contributed by atoms with E-state index in [2.05, 4.69) is 16.2 Å². The molecule has 4 rings (SSSR count). The van der Waals surface area contributed by atoms with Crippen molar-refractivity contribution in [1.29, 1.82) is 5.26 Å². The van der Waals surface area contributed by atoms with Gasteiger partial charge in [-0.2, -0.15) is 14.9 Å². The van der Waals surface area contributed by atoms with Gasteiger partial charge >= 0.3 is 0 Å². The zero-order valence-electron chi connectivity index (χ0n) is 11.0. The van der Waals surface area contributed by atoms with Gasteiger partial charge in [0.05, 0.1) is 6.26 Å². The van der Waals surface area contributed by atoms with Crippen LogP contribution < -0.4 is 0 Å². The van der Waals surface area contributed by atoms with Crippen molar-refractivity contribution in [1.82, 2.24) is 14.6 Å². The van der Waals surface area contributed by atoms with Gasteiger partial charge in [0, 0.05) is 5.56 Å². The molecule has 4 aromatic rings. The maximum absolute atomic E-state index is 13.9. The molecule has 0 aliphatic heterocycles. The average molecular weight is 310 g/mol. The Morgan fingerprint density at radius 2 is 2.09 bits per heavy atom. The van der Waals surface area contributed by atoms with Gasteiger partial charge in [0.2, 0.25) is 4.96 Å². The summed E-state index contributed by atoms with van der Waals surface area (Å²) in [6, 6.07) is 11.9. The van der Waals surface area contributed by atoms with Crippen LogP contribution in [0.4, 0.5) is 4.39 Å². The second kappa shape index (κ2) is 4.79. The molecule has 0 saturated heterocycles. The summed E-state index contributed by atoms with van der Waals surface area (Å²) in [5.74, 6) is 0.144. The number of furan rings is 1. The van der Waals surface area contributed by atoms with Gasteiger partial charge in [-0.05, 0) is 24.3 Å². The third-order valence-corrected chi connectivity index (χ3v) is 4.11. The minimum absolute atomic E-state index is 0.267. The van der Waals surface area contributed by atoms with E-state index in [1.165, 1.54) is 28.2 Å². The van der Waals surface area contributed by atoms with Crippen molar-refractivity contribution in [3.63, 3.8) is 0 Å². The van der Waals surface area contributed by atoms with Gasteiger partial charge in [-0.15, -0.1) is 0 Å². The van der Waals surface area contributed by atoms with Crippen molar-refractivity contribution < 1.29 is 8.81 Å². The van der Waals surface area contributed by atoms with E-state index in [0.29, 0.717) is 27.0 Å². The van der Waals surface area contributed by atoms with Crippen molar-refractivity contribution in [2.24, 2.45) is 0 Å². The van der Waals surface area contributed by atoms with E-state index in [4.69, 9.17) is 4.42 Å². The normalized spacial score (nSPS) is 10.9. The summed E-state index contributed by atoms with van der Waals surface area (Å²) in [5.41, 5.74) is 1.09. The number of imidazole rings is 1. The lowest BCUT2D eigenvalue weighted by molar-refractivity contribution is 0.580. The third-order valence-electron chi connectivity index (χ3n) is 3.17. The van der Waals surface area contributed by atoms with Crippen molar-refractivity contribution in [2.75, 3.05) is 0 Å². The molecular formula is C15H7FN4OS. The number of nitriles is 1. The van der Waals surface area contributed by atoms with Crippen LogP contribution in [0.1, 0.15) is 5.69 Å². The zero-order chi connectivity index (χ0) is 15.1. The molecule has 0 aliphatic carbocycles. The van der Waals surface area contributed by atoms with Crippen LogP contribution in [-0.4, -0.2) is 14.6 Å². The summed E-state index contributed by atoms with van der Waals surface area (Å²) in [5, 5.41) is 14.2. The maximum atomic E-state index is 13.9. The number of halogens is 1. The Morgan fingerprint density at radius 1 is 1.23 bits per heavy atom. The quantitative estimate of drug-likeness (QED) is 0.566. The molecule has 7 heteroatoms. The highest BCUT2D eigenvalue weighted by Crippen LogP contribution is 2.31. The van der Waals surface area contributed by atoms with Gasteiger partial charge in [0.15, 0.2) is 16.5 Å². The van der Waals surface area contributed by atoms with E-state index in [9.17, 15) is 9.65 Å². The van der Waals surface area contributed by atoms with Gasteiger partial charge in [-0.3, -0.25) is 0 Å². The number of hydrogen-bond donors (Lipinski definition) is 0. The first-order valence-electron chi connectivity index (χ1n) is 6.36. The molecule has 22 heavy (non-hydrogen) atoms. The molecule has 3 aromatic heterocycles. The van der Waals surface area contributed by atoms with E-state index >= 15 is 0 Å². The molecule has 0 fully saturated rings. The molecule has 0 saturated carbocycles. The molecule has 0 N–H and O–H groups in total. The van der Waals surface area contributed by atoms with Crippen molar-refractivity contribution in [2.45, 2.75) is 0 Å². The Kier molecular flexibility index (Phi) is 2.77. The van der Waals surface area contributed by atoms with Crippen LogP contribution in [0.2, 0.25) is 0 Å². The first kappa shape index (κ1) is 12.7. The van der Waals surface area contributed by atoms with Gasteiger partial charge < -0.3 is 4.42 Å². The summed E-state index contributed by atoms with van der Waals surface area (Å²) >= 11 is 1.22. The van der Waals surface area contributed by atoms with E-state index in [1.54, 1.807) is 30.3 Å². The molecule has 0 amide bonds. The van der Waals surface area contributed by atoms with Crippen LogP contribution in [0, 0.1) is 17.1 Å². The predicted molar refractivity (Wildman–Crippen MR) is 78.7 cm³/mol. The predicted octanol–water partition coefficient (Wildman–Crippen LogP) is 3.73. The Hall–Kier alpha value is -2.98. The largest absolute Gasteiger partial charge is 0.463 e. The molecular weight excluding hydrogens is 303 g/mol. The monoisotopic (exact) mass is 310 g/mol. The smallest absolute Gasteiger partial charge is 0.214 e. The molecule has 0 radical (unpaired) electrons. The summed E-state index contributed by atoms with van der Waals surface area (Å²) in [6.07, 6.45) is 1.52. The number of hydrogen-bond acceptors (Lipinski definition) is 5. The van der Waals surface area contributed by atoms with Gasteiger partial charge in [-0.1, -0.05) is 23.5 Å². The minimum atomic E-state index is -0.357. The zero-order valence-corrected chi connectivity index (χ0v) is 11.8. The minimum Gasteiger partial charge on any atom is -0.463 e. The molecule has 1 aromatic carbocycles. The highest BCUT2D eigenvalue weighted by atomic mass is 32.1. The Morgan fingerprint density at radius 3 is 2.82 bits per heavy atom. The van der Waals surface area contributed by atoms with Crippen LogP contribution in [0.15, 0.2) is 47.1 Å². The van der Waals surface area contributed by atoms with E-state index < -0.39 is 0 Å². The second-order valence-electron chi connectivity index (χ2n) is 4.48. The molecule has 0 aliphatic rings. The average Bonchev–Trinajstić information content (AvgIpc) is 3.22. The first-order valence-corrected chi connectivity index (χ1v) is 7.18. The van der Waals surface area contributed by atoms with E-state index in [1.807, 2.05) is 0 Å². The van der Waals surface area contributed by atoms with Crippen LogP contribution in [-0.2, 0) is 0 Å². The number of aromatic nitrogens is 3. The summed E-state index contributed by atoms with van der Waals surface area (Å²) in [6.45, 7) is 0. The molecule has 106 valence electrons. The van der Waals surface area contributed by atoms with Crippen LogP contribution in [0.25, 0.3) is 27.0 Å². The summed E-state index contributed by atoms with van der Waals surface area (Å²) in [4.78, 5) is 4.90. The van der Waals surface area contributed by atoms with E-state index in [0.717, 1.165) is 0 Å². The second-order valence-corrected chi connectivity index (χ2v) is 5.44. The highest BCUT2D eigenvalue weighted by Gasteiger charge is 2.20. The van der Waals surface area contributed by atoms with Crippen molar-refractivity contribution >= 4 is 16.3 Å². The number of rotatable bonds is 2. The first-order chi connectivity index (χ1) is 10.8. The number of fused-ring (bicyclic) bond motifs is 1. The fraction of sp³-hybridized carbons (Fsp3) is 0. The fourth-order valence-corrected chi connectivity index (χ4v) is 3.10. The number of benzene rings is 1. The van der Waals surface area contributed by atoms with Crippen LogP contribution in [0.3, 0.4) is 0 Å². The molecule has 0 unspecified atom stereocenters. The van der Waals surface area contributed by atoms with E-state index in [-0.39, 0.29) is 11.5 Å². The molecule has 5 nitrogen and oxygen atoms in total. The molecule has 3 heterocycles. The van der Waals surface area contributed by atoms with Crippen molar-refractivity contribution in [3.05, 3.63) is 54.2 Å². The lowest BCUT2D eigenvalue weighted by Gasteiger charge is -1.96. The molecule has 0 bridgehead atoms. The SMILES string of the molecule is N#Cc1c(-c2ccco2)nc2sc(-c3ccccc3F)nn12. The standard InChI is InChI=1S/C15H7FN4OS/c16-10-5-2-1-4-9(10)14-19-20-11(8-17)13(18-15(20)22-14)12-6-3-7-21-12/h1-7H. The Bertz CT molecular complexity index is 1010. The van der Waals surface area contributed by atoms with Crippen molar-refractivity contribution in [3.8, 4) is 28.1 Å². The molecule has 0 atom stereocenters. The van der Waals surface area contributed by atoms with Crippen LogP contribution >= 0.6 is 11.3 Å². The third kappa shape index (κ3) is 1.82. The Balaban J connectivity index is 1.92. The lowest BCUT2D eigenvalue weighted by atomic mass is 10.2.